The van der Waals surface area contributed by atoms with Crippen LogP contribution >= 0.6 is 0 Å². The number of carbonyl (C=O) groups is 1. The highest BCUT2D eigenvalue weighted by atomic mass is 19.4. The third kappa shape index (κ3) is 7.31. The van der Waals surface area contributed by atoms with Crippen molar-refractivity contribution in [1.29, 1.82) is 0 Å². The third-order valence-corrected chi connectivity index (χ3v) is 5.75. The Morgan fingerprint density at radius 3 is 1.92 bits per heavy atom. The van der Waals surface area contributed by atoms with Crippen LogP contribution in [0, 0.1) is 0 Å². The molecule has 0 aromatic rings. The molecule has 204 valence electrons. The van der Waals surface area contributed by atoms with Gasteiger partial charge in [-0.05, 0) is 30.2 Å². The molecule has 1 aliphatic carbocycles. The fourth-order valence-corrected chi connectivity index (χ4v) is 3.56. The normalized spacial score (nSPS) is 16.4. The minimum atomic E-state index is -6.83. The van der Waals surface area contributed by atoms with E-state index in [4.69, 9.17) is 4.74 Å². The Morgan fingerprint density at radius 1 is 0.778 bits per heavy atom. The summed E-state index contributed by atoms with van der Waals surface area (Å²) in [4.78, 5) is 12.0. The van der Waals surface area contributed by atoms with E-state index in [0.29, 0.717) is 49.1 Å². The highest BCUT2D eigenvalue weighted by Crippen LogP contribution is 2.54. The second-order valence-electron chi connectivity index (χ2n) is 8.58. The molecule has 0 atom stereocenters. The molecule has 0 aromatic heterocycles. The minimum absolute atomic E-state index is 0.000351. The first-order valence-corrected chi connectivity index (χ1v) is 11.5. The molecule has 0 bridgehead atoms. The number of alkyl halides is 9. The Morgan fingerprint density at radius 2 is 1.33 bits per heavy atom. The van der Waals surface area contributed by atoms with Crippen molar-refractivity contribution in [2.24, 2.45) is 15.4 Å². The number of esters is 1. The number of nitrogens with zero attached hydrogens (tertiary/aromatic N) is 3. The number of unbranched alkanes of at least 4 members (excludes halogenated alkanes) is 8. The topological polar surface area (TPSA) is 63.4 Å². The van der Waals surface area contributed by atoms with Crippen LogP contribution in [0.3, 0.4) is 0 Å². The van der Waals surface area contributed by atoms with Crippen LogP contribution in [0.5, 0.6) is 0 Å². The number of carbonyl (C=O) groups excluding carboxylic acids is 1. The monoisotopic (exact) mass is 535 g/mol. The van der Waals surface area contributed by atoms with Crippen molar-refractivity contribution in [1.82, 2.24) is 0 Å². The fraction of sp³-hybridized carbons (Fsp3) is 0.727. The van der Waals surface area contributed by atoms with Crippen molar-refractivity contribution in [3.05, 3.63) is 23.4 Å². The lowest BCUT2D eigenvalue weighted by Gasteiger charge is -2.33. The van der Waals surface area contributed by atoms with Crippen molar-refractivity contribution in [3.63, 3.8) is 0 Å². The molecular weight excluding hydrogens is 509 g/mol. The predicted molar refractivity (Wildman–Crippen MR) is 111 cm³/mol. The average molecular weight is 535 g/mol. The lowest BCUT2D eigenvalue weighted by molar-refractivity contribution is -0.396. The molecule has 2 rings (SSSR count). The van der Waals surface area contributed by atoms with Gasteiger partial charge in [-0.25, -0.2) is 4.79 Å². The first kappa shape index (κ1) is 29.8. The largest absolute Gasteiger partial charge is 0.462 e. The van der Waals surface area contributed by atoms with Crippen molar-refractivity contribution < 1.29 is 49.0 Å². The summed E-state index contributed by atoms with van der Waals surface area (Å²) in [5, 5.41) is 11.1. The van der Waals surface area contributed by atoms with Gasteiger partial charge in [0.1, 0.15) is 5.70 Å². The molecular formula is C22H26F9N3O2. The zero-order chi connectivity index (χ0) is 27.0. The number of ether oxygens (including phenoxy) is 1. The van der Waals surface area contributed by atoms with Crippen LogP contribution in [0.2, 0.25) is 0 Å². The summed E-state index contributed by atoms with van der Waals surface area (Å²) in [7, 11) is 0. The van der Waals surface area contributed by atoms with Gasteiger partial charge in [0.2, 0.25) is 0 Å². The molecule has 0 N–H and O–H groups in total. The van der Waals surface area contributed by atoms with Crippen molar-refractivity contribution in [2.45, 2.75) is 94.6 Å². The number of rotatable bonds is 15. The highest BCUT2D eigenvalue weighted by Gasteiger charge is 2.81. The molecule has 0 fully saturated rings. The average Bonchev–Trinajstić information content (AvgIpc) is 3.26. The number of fused-ring (bicyclic) bond motifs is 1. The minimum Gasteiger partial charge on any atom is -0.462 e. The lowest BCUT2D eigenvalue weighted by atomic mass is 9.97. The van der Waals surface area contributed by atoms with Crippen LogP contribution in [-0.2, 0) is 9.53 Å². The van der Waals surface area contributed by atoms with Gasteiger partial charge in [0, 0.05) is 18.4 Å². The van der Waals surface area contributed by atoms with Gasteiger partial charge in [-0.3, -0.25) is 0 Å². The smallest absolute Gasteiger partial charge is 0.460 e. The van der Waals surface area contributed by atoms with E-state index in [1.807, 2.05) is 0 Å². The fourth-order valence-electron chi connectivity index (χ4n) is 3.56. The molecule has 14 heteroatoms. The van der Waals surface area contributed by atoms with Gasteiger partial charge in [0.25, 0.3) is 0 Å². The molecule has 0 amide bonds. The van der Waals surface area contributed by atoms with Crippen LogP contribution in [0.15, 0.2) is 38.9 Å². The molecule has 36 heavy (non-hydrogen) atoms. The SMILES string of the molecule is O=C(OCCCCCCCCCCCC(F)(F)C(F)(F)C(F)(F)C(F)(F)F)C1=CC=C2N=NN=C2C1. The van der Waals surface area contributed by atoms with Crippen LogP contribution in [-0.4, -0.2) is 42.2 Å². The summed E-state index contributed by atoms with van der Waals surface area (Å²) in [5.41, 5.74) is 1.69. The van der Waals surface area contributed by atoms with E-state index in [1.165, 1.54) is 0 Å². The van der Waals surface area contributed by atoms with Crippen molar-refractivity contribution in [3.8, 4) is 0 Å². The zero-order valence-electron chi connectivity index (χ0n) is 19.2. The number of allylic oxidation sites excluding steroid dienone is 3. The molecule has 0 aromatic carbocycles. The Kier molecular flexibility index (Phi) is 10.1. The van der Waals surface area contributed by atoms with Crippen LogP contribution < -0.4 is 0 Å². The summed E-state index contributed by atoms with van der Waals surface area (Å²) in [5.74, 6) is -19.3. The first-order valence-electron chi connectivity index (χ1n) is 11.5. The first-order chi connectivity index (χ1) is 16.7. The third-order valence-electron chi connectivity index (χ3n) is 5.75. The summed E-state index contributed by atoms with van der Waals surface area (Å²) < 4.78 is 120. The van der Waals surface area contributed by atoms with E-state index in [-0.39, 0.29) is 13.0 Å². The maximum atomic E-state index is 13.4. The predicted octanol–water partition coefficient (Wildman–Crippen LogP) is 7.93. The summed E-state index contributed by atoms with van der Waals surface area (Å²) in [6.45, 7) is 0.236. The zero-order valence-corrected chi connectivity index (χ0v) is 19.2. The van der Waals surface area contributed by atoms with E-state index >= 15 is 0 Å². The van der Waals surface area contributed by atoms with Crippen molar-refractivity contribution in [2.75, 3.05) is 6.61 Å². The highest BCUT2D eigenvalue weighted by molar-refractivity contribution is 6.08. The molecule has 0 saturated carbocycles. The number of hydrogen-bond acceptors (Lipinski definition) is 5. The standard InChI is InChI=1S/C22H26F9N3O2/c23-19(24,20(25,26)21(27,28)22(29,30)31)12-8-6-4-2-1-3-5-7-9-13-36-18(35)15-10-11-16-17(14-15)33-34-32-16/h10-11H,1-9,12-14H2. The van der Waals surface area contributed by atoms with Crippen LogP contribution in [0.4, 0.5) is 39.5 Å². The Labute approximate surface area is 201 Å². The van der Waals surface area contributed by atoms with Gasteiger partial charge in [0.05, 0.1) is 12.3 Å². The Hall–Kier alpha value is -2.41. The summed E-state index contributed by atoms with van der Waals surface area (Å²) in [6.07, 6.45) is -0.959. The second kappa shape index (κ2) is 12.2. The van der Waals surface area contributed by atoms with E-state index in [1.54, 1.807) is 12.2 Å². The number of halogens is 9. The summed E-state index contributed by atoms with van der Waals surface area (Å²) >= 11 is 0. The van der Waals surface area contributed by atoms with E-state index in [2.05, 4.69) is 15.4 Å². The molecule has 0 radical (unpaired) electrons. The van der Waals surface area contributed by atoms with Gasteiger partial charge in [0.15, 0.2) is 0 Å². The molecule has 5 nitrogen and oxygen atoms in total. The van der Waals surface area contributed by atoms with E-state index in [9.17, 15) is 44.3 Å². The number of hydrogen-bond donors (Lipinski definition) is 0. The van der Waals surface area contributed by atoms with Crippen LogP contribution in [0.25, 0.3) is 0 Å². The van der Waals surface area contributed by atoms with Gasteiger partial charge in [-0.15, -0.1) is 10.2 Å². The summed E-state index contributed by atoms with van der Waals surface area (Å²) in [6, 6.07) is 0. The van der Waals surface area contributed by atoms with E-state index < -0.39 is 42.8 Å². The van der Waals surface area contributed by atoms with Gasteiger partial charge in [-0.2, -0.15) is 39.5 Å². The molecule has 2 aliphatic rings. The molecule has 0 saturated heterocycles. The Bertz CT molecular complexity index is 894. The Balaban J connectivity index is 1.50. The maximum absolute atomic E-state index is 13.4. The molecule has 1 aliphatic heterocycles. The molecule has 0 unspecified atom stereocenters. The van der Waals surface area contributed by atoms with E-state index in [0.717, 1.165) is 19.3 Å². The lowest BCUT2D eigenvalue weighted by Crippen LogP contribution is -2.60. The molecule has 0 spiro atoms. The second-order valence-corrected chi connectivity index (χ2v) is 8.58. The quantitative estimate of drug-likeness (QED) is 0.121. The van der Waals surface area contributed by atoms with Gasteiger partial charge >= 0.3 is 29.9 Å². The molecule has 1 heterocycles. The van der Waals surface area contributed by atoms with Crippen LogP contribution in [0.1, 0.15) is 70.6 Å². The van der Waals surface area contributed by atoms with Gasteiger partial charge in [-0.1, -0.05) is 44.9 Å². The van der Waals surface area contributed by atoms with Crippen molar-refractivity contribution >= 4 is 11.7 Å². The maximum Gasteiger partial charge on any atom is 0.460 e. The van der Waals surface area contributed by atoms with Gasteiger partial charge < -0.3 is 4.74 Å².